The molecular weight excluding hydrogens is 404 g/mol. The fourth-order valence-corrected chi connectivity index (χ4v) is 3.62. The van der Waals surface area contributed by atoms with Gasteiger partial charge in [0.15, 0.2) is 6.61 Å². The lowest BCUT2D eigenvalue weighted by molar-refractivity contribution is -0.124. The Morgan fingerprint density at radius 2 is 1.75 bits per heavy atom. The first-order chi connectivity index (χ1) is 13.0. The highest BCUT2D eigenvalue weighted by molar-refractivity contribution is 7.92. The lowest BCUT2D eigenvalue weighted by atomic mass is 10.1. The van der Waals surface area contributed by atoms with E-state index in [1.165, 1.54) is 25.3 Å². The Bertz CT molecular complexity index is 938. The molecule has 28 heavy (non-hydrogen) atoms. The number of carbonyl (C=O) groups excluding carboxylic acids is 1. The van der Waals surface area contributed by atoms with Gasteiger partial charge in [-0.25, -0.2) is 8.42 Å². The molecule has 0 unspecified atom stereocenters. The molecule has 2 N–H and O–H groups in total. The third kappa shape index (κ3) is 6.31. The third-order valence-electron chi connectivity index (χ3n) is 3.43. The van der Waals surface area contributed by atoms with Crippen molar-refractivity contribution in [2.45, 2.75) is 31.2 Å². The third-order valence-corrected chi connectivity index (χ3v) is 5.10. The zero-order valence-corrected chi connectivity index (χ0v) is 17.6. The first kappa shape index (κ1) is 21.8. The average molecular weight is 427 g/mol. The number of methoxy groups -OCH3 is 1. The summed E-state index contributed by atoms with van der Waals surface area (Å²) >= 11 is 6.13. The monoisotopic (exact) mass is 426 g/mol. The van der Waals surface area contributed by atoms with Crippen LogP contribution in [0.3, 0.4) is 0 Å². The normalized spacial score (nSPS) is 11.6. The maximum atomic E-state index is 12.5. The summed E-state index contributed by atoms with van der Waals surface area (Å²) in [6.07, 6.45) is 0. The molecule has 0 aliphatic rings. The van der Waals surface area contributed by atoms with Gasteiger partial charge in [-0.3, -0.25) is 9.52 Å². The summed E-state index contributed by atoms with van der Waals surface area (Å²) < 4.78 is 38.0. The van der Waals surface area contributed by atoms with Crippen LogP contribution in [0, 0.1) is 0 Å². The lowest BCUT2D eigenvalue weighted by Gasteiger charge is -2.20. The second-order valence-electron chi connectivity index (χ2n) is 7.01. The Morgan fingerprint density at radius 1 is 1.11 bits per heavy atom. The first-order valence-electron chi connectivity index (χ1n) is 8.40. The molecule has 0 saturated carbocycles. The zero-order chi connectivity index (χ0) is 20.9. The summed E-state index contributed by atoms with van der Waals surface area (Å²) in [5.74, 6) is 0.526. The van der Waals surface area contributed by atoms with Crippen LogP contribution < -0.4 is 19.5 Å². The number of carbonyl (C=O) groups is 1. The minimum absolute atomic E-state index is 0.0280. The topological polar surface area (TPSA) is 93.7 Å². The van der Waals surface area contributed by atoms with Crippen molar-refractivity contribution in [2.75, 3.05) is 18.4 Å². The van der Waals surface area contributed by atoms with Gasteiger partial charge in [-0.15, -0.1) is 0 Å². The number of anilines is 1. The number of hydrogen-bond donors (Lipinski definition) is 2. The number of hydrogen-bond acceptors (Lipinski definition) is 5. The summed E-state index contributed by atoms with van der Waals surface area (Å²) in [5.41, 5.74) is 0.00561. The zero-order valence-electron chi connectivity index (χ0n) is 16.1. The quantitative estimate of drug-likeness (QED) is 0.707. The number of nitrogens with one attached hydrogen (secondary N) is 2. The Balaban J connectivity index is 2.08. The van der Waals surface area contributed by atoms with E-state index in [0.29, 0.717) is 11.4 Å². The molecule has 0 aliphatic carbocycles. The van der Waals surface area contributed by atoms with Gasteiger partial charge in [0.25, 0.3) is 15.9 Å². The Morgan fingerprint density at radius 3 is 2.29 bits per heavy atom. The van der Waals surface area contributed by atoms with E-state index in [4.69, 9.17) is 21.1 Å². The SMILES string of the molecule is COc1ccc(NS(=O)(=O)c2ccc(OCC(=O)NC(C)(C)C)c(Cl)c2)cc1. The largest absolute Gasteiger partial charge is 0.497 e. The van der Waals surface area contributed by atoms with Crippen LogP contribution in [0.15, 0.2) is 47.4 Å². The molecule has 1 amide bonds. The molecule has 2 aromatic rings. The van der Waals surface area contributed by atoms with Gasteiger partial charge in [0.1, 0.15) is 11.5 Å². The molecule has 0 radical (unpaired) electrons. The summed E-state index contributed by atoms with van der Waals surface area (Å²) in [6, 6.07) is 10.5. The van der Waals surface area contributed by atoms with Crippen LogP contribution in [0.1, 0.15) is 20.8 Å². The molecule has 0 bridgehead atoms. The number of sulfonamides is 1. The molecule has 0 aliphatic heterocycles. The van der Waals surface area contributed by atoms with Crippen molar-refractivity contribution >= 4 is 33.2 Å². The second kappa shape index (κ2) is 8.70. The fourth-order valence-electron chi connectivity index (χ4n) is 2.24. The number of benzene rings is 2. The second-order valence-corrected chi connectivity index (χ2v) is 9.10. The molecule has 9 heteroatoms. The van der Waals surface area contributed by atoms with Crippen molar-refractivity contribution in [2.24, 2.45) is 0 Å². The van der Waals surface area contributed by atoms with Crippen molar-refractivity contribution < 1.29 is 22.7 Å². The van der Waals surface area contributed by atoms with Crippen molar-refractivity contribution in [1.29, 1.82) is 0 Å². The van der Waals surface area contributed by atoms with Crippen molar-refractivity contribution in [3.05, 3.63) is 47.5 Å². The summed E-state index contributed by atoms with van der Waals surface area (Å²) in [5, 5.41) is 2.84. The van der Waals surface area contributed by atoms with E-state index in [9.17, 15) is 13.2 Å². The van der Waals surface area contributed by atoms with Gasteiger partial charge < -0.3 is 14.8 Å². The van der Waals surface area contributed by atoms with Gasteiger partial charge in [0.2, 0.25) is 0 Å². The standard InChI is InChI=1S/C19H23ClN2O5S/c1-19(2,3)21-18(23)12-27-17-10-9-15(11-16(17)20)28(24,25)22-13-5-7-14(26-4)8-6-13/h5-11,22H,12H2,1-4H3,(H,21,23). The molecule has 0 spiro atoms. The highest BCUT2D eigenvalue weighted by Crippen LogP contribution is 2.28. The molecule has 0 fully saturated rings. The number of ether oxygens (including phenoxy) is 2. The van der Waals surface area contributed by atoms with E-state index in [2.05, 4.69) is 10.0 Å². The van der Waals surface area contributed by atoms with Gasteiger partial charge in [-0.2, -0.15) is 0 Å². The molecule has 2 rings (SSSR count). The molecule has 0 atom stereocenters. The minimum Gasteiger partial charge on any atom is -0.497 e. The van der Waals surface area contributed by atoms with Crippen molar-refractivity contribution in [1.82, 2.24) is 5.32 Å². The van der Waals surface area contributed by atoms with Crippen LogP contribution in [0.2, 0.25) is 5.02 Å². The van der Waals surface area contributed by atoms with E-state index >= 15 is 0 Å². The average Bonchev–Trinajstić information content (AvgIpc) is 2.59. The predicted molar refractivity (Wildman–Crippen MR) is 109 cm³/mol. The summed E-state index contributed by atoms with van der Waals surface area (Å²) in [6.45, 7) is 5.33. The maximum absolute atomic E-state index is 12.5. The predicted octanol–water partition coefficient (Wildman–Crippen LogP) is 3.44. The van der Waals surface area contributed by atoms with Crippen molar-refractivity contribution in [3.63, 3.8) is 0 Å². The molecule has 0 aromatic heterocycles. The van der Waals surface area contributed by atoms with Crippen LogP contribution >= 0.6 is 11.6 Å². The summed E-state index contributed by atoms with van der Waals surface area (Å²) in [7, 11) is -2.31. The molecule has 0 heterocycles. The molecular formula is C19H23ClN2O5S. The van der Waals surface area contributed by atoms with E-state index in [-0.39, 0.29) is 33.7 Å². The van der Waals surface area contributed by atoms with Crippen LogP contribution in [-0.4, -0.2) is 33.6 Å². The Kier molecular flexibility index (Phi) is 6.79. The van der Waals surface area contributed by atoms with E-state index < -0.39 is 10.0 Å². The van der Waals surface area contributed by atoms with Gasteiger partial charge in [-0.1, -0.05) is 11.6 Å². The molecule has 2 aromatic carbocycles. The maximum Gasteiger partial charge on any atom is 0.261 e. The fraction of sp³-hybridized carbons (Fsp3) is 0.316. The van der Waals surface area contributed by atoms with E-state index in [0.717, 1.165) is 0 Å². The van der Waals surface area contributed by atoms with Crippen LogP contribution in [0.5, 0.6) is 11.5 Å². The van der Waals surface area contributed by atoms with E-state index in [1.807, 2.05) is 20.8 Å². The van der Waals surface area contributed by atoms with Crippen LogP contribution in [0.25, 0.3) is 0 Å². The number of amides is 1. The lowest BCUT2D eigenvalue weighted by Crippen LogP contribution is -2.43. The van der Waals surface area contributed by atoms with Gasteiger partial charge >= 0.3 is 0 Å². The van der Waals surface area contributed by atoms with Gasteiger partial charge in [-0.05, 0) is 63.2 Å². The first-order valence-corrected chi connectivity index (χ1v) is 10.3. The summed E-state index contributed by atoms with van der Waals surface area (Å²) in [4.78, 5) is 11.8. The van der Waals surface area contributed by atoms with Crippen molar-refractivity contribution in [3.8, 4) is 11.5 Å². The number of halogens is 1. The smallest absolute Gasteiger partial charge is 0.261 e. The number of rotatable bonds is 7. The molecule has 0 saturated heterocycles. The Labute approximate surface area is 170 Å². The molecule has 7 nitrogen and oxygen atoms in total. The Hall–Kier alpha value is -2.45. The highest BCUT2D eigenvalue weighted by atomic mass is 35.5. The van der Waals surface area contributed by atoms with E-state index in [1.54, 1.807) is 24.3 Å². The van der Waals surface area contributed by atoms with Crippen LogP contribution in [-0.2, 0) is 14.8 Å². The highest BCUT2D eigenvalue weighted by Gasteiger charge is 2.18. The van der Waals surface area contributed by atoms with Gasteiger partial charge in [0, 0.05) is 11.2 Å². The minimum atomic E-state index is -3.84. The van der Waals surface area contributed by atoms with Crippen LogP contribution in [0.4, 0.5) is 5.69 Å². The van der Waals surface area contributed by atoms with Gasteiger partial charge in [0.05, 0.1) is 17.0 Å². The molecule has 152 valence electrons.